The van der Waals surface area contributed by atoms with E-state index in [-0.39, 0.29) is 51.0 Å². The molecule has 262 valence electrons. The number of rotatable bonds is 19. The summed E-state index contributed by atoms with van der Waals surface area (Å²) >= 11 is 0. The Kier molecular flexibility index (Phi) is 14.1. The fourth-order valence-corrected chi connectivity index (χ4v) is 5.19. The minimum atomic E-state index is -1.22. The first kappa shape index (κ1) is 37.5. The molecule has 1 aromatic heterocycles. The van der Waals surface area contributed by atoms with Crippen LogP contribution < -0.4 is 44.2 Å². The van der Waals surface area contributed by atoms with Crippen LogP contribution in [-0.4, -0.2) is 77.1 Å². The van der Waals surface area contributed by atoms with Gasteiger partial charge in [-0.1, -0.05) is 48.5 Å². The van der Waals surface area contributed by atoms with Crippen LogP contribution in [0, 0.1) is 0 Å². The van der Waals surface area contributed by atoms with E-state index in [0.717, 1.165) is 16.5 Å². The third-order valence-electron chi connectivity index (χ3n) is 7.63. The van der Waals surface area contributed by atoms with E-state index in [9.17, 15) is 28.8 Å². The number of H-pyrrole nitrogens is 1. The quantitative estimate of drug-likeness (QED) is 0.0418. The normalized spacial score (nSPS) is 13.2. The van der Waals surface area contributed by atoms with Gasteiger partial charge in [0.15, 0.2) is 5.96 Å². The number of para-hydroxylation sites is 1. The number of amides is 6. The summed E-state index contributed by atoms with van der Waals surface area (Å²) in [6.07, 6.45) is 1.89. The summed E-state index contributed by atoms with van der Waals surface area (Å²) in [5.74, 6) is -4.26. The number of nitrogens with zero attached hydrogens (tertiary/aromatic N) is 1. The molecular weight excluding hydrogens is 632 g/mol. The second-order valence-electron chi connectivity index (χ2n) is 11.5. The number of aromatic nitrogens is 1. The summed E-state index contributed by atoms with van der Waals surface area (Å²) < 4.78 is 0. The van der Waals surface area contributed by atoms with Crippen molar-refractivity contribution in [3.63, 3.8) is 0 Å². The molecule has 0 saturated carbocycles. The number of benzene rings is 2. The van der Waals surface area contributed by atoms with Crippen molar-refractivity contribution >= 4 is 52.3 Å². The number of nitrogens with two attached hydrogens (primary N) is 4. The Morgan fingerprint density at radius 2 is 1.31 bits per heavy atom. The zero-order chi connectivity index (χ0) is 35.9. The molecule has 0 saturated heterocycles. The van der Waals surface area contributed by atoms with E-state index in [0.29, 0.717) is 5.56 Å². The zero-order valence-corrected chi connectivity index (χ0v) is 27.2. The van der Waals surface area contributed by atoms with Crippen molar-refractivity contribution in [2.75, 3.05) is 6.54 Å². The molecule has 49 heavy (non-hydrogen) atoms. The van der Waals surface area contributed by atoms with Gasteiger partial charge >= 0.3 is 0 Å². The second kappa shape index (κ2) is 18.4. The highest BCUT2D eigenvalue weighted by molar-refractivity contribution is 5.96. The first-order valence-electron chi connectivity index (χ1n) is 15.7. The van der Waals surface area contributed by atoms with Crippen LogP contribution in [0.25, 0.3) is 10.9 Å². The lowest BCUT2D eigenvalue weighted by atomic mass is 10.0. The molecule has 0 unspecified atom stereocenters. The molecule has 6 amide bonds. The monoisotopic (exact) mass is 676 g/mol. The summed E-state index contributed by atoms with van der Waals surface area (Å²) in [7, 11) is 0. The van der Waals surface area contributed by atoms with Gasteiger partial charge in [0.1, 0.15) is 24.2 Å². The number of guanidine groups is 1. The molecular formula is C33H44N10O6. The standard InChI is InChI=1S/C33H44N10O6/c1-19(44)40-25(13-14-28(34)45)31(48)43-27(16-20-8-3-2-4-9-20)32(49)41-24(12-7-15-38-33(36)37)30(47)42-26(29(35)46)17-21-18-39-23-11-6-5-10-22(21)23/h2-6,8-11,18,24-27,39H,7,12-17H2,1H3,(H2,34,45)(H2,35,46)(H,40,44)(H,41,49)(H,42,47)(H,43,48)(H4,36,37,38)/t24-,25-,26-,27+/m0/s1. The number of fused-ring (bicyclic) bond motifs is 1. The highest BCUT2D eigenvalue weighted by Crippen LogP contribution is 2.19. The third kappa shape index (κ3) is 12.3. The number of hydrogen-bond donors (Lipinski definition) is 9. The van der Waals surface area contributed by atoms with Crippen LogP contribution in [0.5, 0.6) is 0 Å². The molecule has 4 atom stereocenters. The van der Waals surface area contributed by atoms with Crippen molar-refractivity contribution in [3.05, 3.63) is 71.9 Å². The highest BCUT2D eigenvalue weighted by Gasteiger charge is 2.31. The SMILES string of the molecule is CC(=O)N[C@@H](CCC(N)=O)C(=O)N[C@H](Cc1ccccc1)C(=O)N[C@@H](CCCN=C(N)N)C(=O)N[C@@H](Cc1c[nH]c2ccccc12)C(N)=O. The zero-order valence-electron chi connectivity index (χ0n) is 27.2. The molecule has 3 aromatic rings. The molecule has 1 heterocycles. The van der Waals surface area contributed by atoms with Crippen LogP contribution in [-0.2, 0) is 41.6 Å². The van der Waals surface area contributed by atoms with Gasteiger partial charge in [0.2, 0.25) is 35.4 Å². The van der Waals surface area contributed by atoms with Crippen molar-refractivity contribution in [3.8, 4) is 0 Å². The second-order valence-corrected chi connectivity index (χ2v) is 11.5. The van der Waals surface area contributed by atoms with Crippen LogP contribution in [0.4, 0.5) is 0 Å². The Bertz CT molecular complexity index is 1650. The van der Waals surface area contributed by atoms with Gasteiger partial charge in [-0.05, 0) is 36.5 Å². The Labute approximate surface area is 283 Å². The van der Waals surface area contributed by atoms with Crippen LogP contribution in [0.1, 0.15) is 43.7 Å². The Morgan fingerprint density at radius 1 is 0.714 bits per heavy atom. The Balaban J connectivity index is 1.85. The van der Waals surface area contributed by atoms with Gasteiger partial charge in [-0.25, -0.2) is 0 Å². The van der Waals surface area contributed by atoms with Gasteiger partial charge in [-0.15, -0.1) is 0 Å². The minimum absolute atomic E-state index is 0.0217. The summed E-state index contributed by atoms with van der Waals surface area (Å²) in [6.45, 7) is 1.36. The fraction of sp³-hybridized carbons (Fsp3) is 0.364. The van der Waals surface area contributed by atoms with E-state index < -0.39 is 59.6 Å². The number of aromatic amines is 1. The number of nitrogens with one attached hydrogen (secondary N) is 5. The number of carbonyl (C=O) groups excluding carboxylic acids is 6. The number of aliphatic imine (C=N–C) groups is 1. The van der Waals surface area contributed by atoms with E-state index in [1.165, 1.54) is 6.92 Å². The highest BCUT2D eigenvalue weighted by atomic mass is 16.2. The van der Waals surface area contributed by atoms with E-state index in [2.05, 4.69) is 31.2 Å². The first-order chi connectivity index (χ1) is 23.3. The molecule has 0 fully saturated rings. The van der Waals surface area contributed by atoms with Gasteiger partial charge in [0.05, 0.1) is 0 Å². The number of primary amides is 2. The molecule has 3 rings (SSSR count). The van der Waals surface area contributed by atoms with Crippen molar-refractivity contribution in [1.29, 1.82) is 0 Å². The molecule has 16 heteroatoms. The molecule has 0 radical (unpaired) electrons. The van der Waals surface area contributed by atoms with Crippen LogP contribution in [0.2, 0.25) is 0 Å². The lowest BCUT2D eigenvalue weighted by Crippen LogP contribution is -2.58. The maximum atomic E-state index is 13.8. The van der Waals surface area contributed by atoms with E-state index in [1.807, 2.05) is 24.3 Å². The van der Waals surface area contributed by atoms with Crippen LogP contribution in [0.3, 0.4) is 0 Å². The van der Waals surface area contributed by atoms with Gasteiger partial charge in [-0.2, -0.15) is 0 Å². The van der Waals surface area contributed by atoms with E-state index in [1.54, 1.807) is 36.5 Å². The third-order valence-corrected chi connectivity index (χ3v) is 7.63. The fourth-order valence-electron chi connectivity index (χ4n) is 5.19. The van der Waals surface area contributed by atoms with Gasteiger partial charge in [0.25, 0.3) is 0 Å². The van der Waals surface area contributed by atoms with Gasteiger partial charge < -0.3 is 49.2 Å². The largest absolute Gasteiger partial charge is 0.370 e. The smallest absolute Gasteiger partial charge is 0.243 e. The van der Waals surface area contributed by atoms with Gasteiger partial charge in [-0.3, -0.25) is 33.8 Å². The molecule has 0 aliphatic rings. The summed E-state index contributed by atoms with van der Waals surface area (Å²) in [5.41, 5.74) is 24.1. The van der Waals surface area contributed by atoms with Gasteiger partial charge in [0, 0.05) is 49.8 Å². The van der Waals surface area contributed by atoms with Crippen LogP contribution >= 0.6 is 0 Å². The number of hydrogen-bond acceptors (Lipinski definition) is 7. The van der Waals surface area contributed by atoms with Crippen LogP contribution in [0.15, 0.2) is 65.8 Å². The molecule has 0 bridgehead atoms. The lowest BCUT2D eigenvalue weighted by Gasteiger charge is -2.26. The molecule has 2 aromatic carbocycles. The molecule has 0 aliphatic carbocycles. The van der Waals surface area contributed by atoms with Crippen molar-refractivity contribution in [1.82, 2.24) is 26.3 Å². The summed E-state index contributed by atoms with van der Waals surface area (Å²) in [5, 5.41) is 11.3. The molecule has 16 nitrogen and oxygen atoms in total. The first-order valence-corrected chi connectivity index (χ1v) is 15.7. The molecule has 0 aliphatic heterocycles. The van der Waals surface area contributed by atoms with E-state index >= 15 is 0 Å². The minimum Gasteiger partial charge on any atom is -0.370 e. The predicted octanol–water partition coefficient (Wildman–Crippen LogP) is -1.28. The lowest BCUT2D eigenvalue weighted by molar-refractivity contribution is -0.134. The van der Waals surface area contributed by atoms with Crippen molar-refractivity contribution in [2.45, 2.75) is 69.6 Å². The number of carbonyl (C=O) groups is 6. The molecule has 0 spiro atoms. The predicted molar refractivity (Wildman–Crippen MR) is 183 cm³/mol. The maximum Gasteiger partial charge on any atom is 0.243 e. The maximum absolute atomic E-state index is 13.8. The Morgan fingerprint density at radius 3 is 1.94 bits per heavy atom. The average Bonchev–Trinajstić information content (AvgIpc) is 3.46. The van der Waals surface area contributed by atoms with Crippen molar-refractivity contribution in [2.24, 2.45) is 27.9 Å². The van der Waals surface area contributed by atoms with Crippen molar-refractivity contribution < 1.29 is 28.8 Å². The average molecular weight is 677 g/mol. The summed E-state index contributed by atoms with van der Waals surface area (Å²) in [4.78, 5) is 83.6. The van der Waals surface area contributed by atoms with E-state index in [4.69, 9.17) is 22.9 Å². The summed E-state index contributed by atoms with van der Waals surface area (Å²) in [6, 6.07) is 11.6. The Hall–Kier alpha value is -5.93. The topological polar surface area (TPSA) is 283 Å². The molecule has 13 N–H and O–H groups in total.